The average molecular weight is 378 g/mol. The van der Waals surface area contributed by atoms with Gasteiger partial charge in [-0.2, -0.15) is 0 Å². The molecule has 4 nitrogen and oxygen atoms in total. The maximum atomic E-state index is 10.4. The summed E-state index contributed by atoms with van der Waals surface area (Å²) >= 11 is 1.71. The van der Waals surface area contributed by atoms with Crippen LogP contribution in [0.15, 0.2) is 65.0 Å². The fourth-order valence-corrected chi connectivity index (χ4v) is 4.37. The molecular formula is C22H22N2O2S. The molecule has 2 N–H and O–H groups in total. The Morgan fingerprint density at radius 3 is 2.56 bits per heavy atom. The van der Waals surface area contributed by atoms with E-state index in [1.807, 2.05) is 42.5 Å². The monoisotopic (exact) mass is 378 g/mol. The number of thiophene rings is 1. The molecule has 2 atom stereocenters. The lowest BCUT2D eigenvalue weighted by atomic mass is 9.94. The predicted molar refractivity (Wildman–Crippen MR) is 110 cm³/mol. The number of hydrogen-bond acceptors (Lipinski definition) is 5. The van der Waals surface area contributed by atoms with Gasteiger partial charge < -0.3 is 9.84 Å². The van der Waals surface area contributed by atoms with E-state index in [1.165, 1.54) is 10.4 Å². The Hall–Kier alpha value is -2.63. The van der Waals surface area contributed by atoms with E-state index in [-0.39, 0.29) is 12.2 Å². The van der Waals surface area contributed by atoms with Crippen molar-refractivity contribution in [2.75, 3.05) is 7.11 Å². The zero-order valence-corrected chi connectivity index (χ0v) is 16.2. The maximum Gasteiger partial charge on any atom is 0.135 e. The second kappa shape index (κ2) is 7.55. The third kappa shape index (κ3) is 3.61. The summed E-state index contributed by atoms with van der Waals surface area (Å²) in [6.07, 6.45) is 0.589. The zero-order chi connectivity index (χ0) is 18.8. The van der Waals surface area contributed by atoms with E-state index in [0.717, 1.165) is 22.6 Å². The van der Waals surface area contributed by atoms with E-state index in [0.29, 0.717) is 12.2 Å². The van der Waals surface area contributed by atoms with E-state index >= 15 is 0 Å². The second-order valence-electron chi connectivity index (χ2n) is 6.66. The lowest BCUT2D eigenvalue weighted by molar-refractivity contribution is 0.413. The van der Waals surface area contributed by atoms with Crippen LogP contribution in [0.1, 0.15) is 40.2 Å². The fraction of sp³-hybridized carbons (Fsp3) is 0.227. The van der Waals surface area contributed by atoms with Crippen LogP contribution in [0.25, 0.3) is 0 Å². The number of methoxy groups -OCH3 is 1. The van der Waals surface area contributed by atoms with Crippen molar-refractivity contribution in [1.82, 2.24) is 5.32 Å². The summed E-state index contributed by atoms with van der Waals surface area (Å²) in [4.78, 5) is 6.22. The average Bonchev–Trinajstić information content (AvgIpc) is 3.14. The van der Waals surface area contributed by atoms with E-state index in [4.69, 9.17) is 9.73 Å². The van der Waals surface area contributed by atoms with Gasteiger partial charge in [-0.15, -0.1) is 11.3 Å². The van der Waals surface area contributed by atoms with Crippen molar-refractivity contribution in [2.24, 2.45) is 4.99 Å². The minimum atomic E-state index is -0.125. The van der Waals surface area contributed by atoms with Gasteiger partial charge in [0.2, 0.25) is 0 Å². The lowest BCUT2D eigenvalue weighted by Crippen LogP contribution is -2.33. The second-order valence-corrected chi connectivity index (χ2v) is 7.60. The van der Waals surface area contributed by atoms with Gasteiger partial charge in [0, 0.05) is 28.6 Å². The Morgan fingerprint density at radius 1 is 1.11 bits per heavy atom. The summed E-state index contributed by atoms with van der Waals surface area (Å²) in [7, 11) is 1.67. The molecule has 1 aromatic heterocycles. The number of aliphatic imine (C=N–C) groups is 1. The number of phenols is 1. The van der Waals surface area contributed by atoms with Crippen molar-refractivity contribution in [2.45, 2.75) is 25.6 Å². The molecule has 2 aromatic carbocycles. The highest BCUT2D eigenvalue weighted by atomic mass is 32.1. The topological polar surface area (TPSA) is 53.8 Å². The minimum Gasteiger partial charge on any atom is -0.508 e. The normalized spacial score (nSPS) is 19.6. The van der Waals surface area contributed by atoms with Crippen molar-refractivity contribution in [1.29, 1.82) is 0 Å². The maximum absolute atomic E-state index is 10.4. The number of benzene rings is 2. The third-order valence-corrected chi connectivity index (χ3v) is 6.00. The Balaban J connectivity index is 1.74. The van der Waals surface area contributed by atoms with Crippen LogP contribution in [-0.2, 0) is 0 Å². The van der Waals surface area contributed by atoms with Crippen LogP contribution >= 0.6 is 11.3 Å². The highest BCUT2D eigenvalue weighted by Crippen LogP contribution is 2.36. The Morgan fingerprint density at radius 2 is 1.89 bits per heavy atom. The molecule has 2 heterocycles. The van der Waals surface area contributed by atoms with Crippen LogP contribution < -0.4 is 10.1 Å². The summed E-state index contributed by atoms with van der Waals surface area (Å²) < 4.78 is 5.27. The van der Waals surface area contributed by atoms with Crippen LogP contribution in [0.2, 0.25) is 0 Å². The molecule has 5 heteroatoms. The first-order valence-electron chi connectivity index (χ1n) is 8.94. The van der Waals surface area contributed by atoms with Gasteiger partial charge in [0.1, 0.15) is 17.7 Å². The SMILES string of the molecule is COc1ccc(C2=N[C@H](c3sccc3C)N[C@H](c3ccccc3O)C2)cc1. The van der Waals surface area contributed by atoms with Gasteiger partial charge in [-0.05, 0) is 59.8 Å². The third-order valence-electron chi connectivity index (χ3n) is 4.93. The van der Waals surface area contributed by atoms with Gasteiger partial charge in [0.05, 0.1) is 7.11 Å². The number of ether oxygens (including phenoxy) is 1. The summed E-state index contributed by atoms with van der Waals surface area (Å²) in [6, 6.07) is 17.6. The van der Waals surface area contributed by atoms with Crippen LogP contribution in [0.4, 0.5) is 0 Å². The number of phenolic OH excluding ortho intramolecular Hbond substituents is 1. The molecule has 4 rings (SSSR count). The van der Waals surface area contributed by atoms with Gasteiger partial charge in [-0.1, -0.05) is 18.2 Å². The predicted octanol–water partition coefficient (Wildman–Crippen LogP) is 4.99. The van der Waals surface area contributed by atoms with Crippen molar-refractivity contribution >= 4 is 17.0 Å². The van der Waals surface area contributed by atoms with Crippen molar-refractivity contribution in [3.05, 3.63) is 81.5 Å². The molecule has 0 saturated carbocycles. The number of rotatable bonds is 4. The van der Waals surface area contributed by atoms with Crippen LogP contribution in [-0.4, -0.2) is 17.9 Å². The first-order chi connectivity index (χ1) is 13.2. The number of aryl methyl sites for hydroxylation is 1. The molecule has 27 heavy (non-hydrogen) atoms. The molecule has 1 aliphatic heterocycles. The Bertz CT molecular complexity index is 962. The highest BCUT2D eigenvalue weighted by Gasteiger charge is 2.28. The van der Waals surface area contributed by atoms with Crippen LogP contribution in [0.3, 0.4) is 0 Å². The minimum absolute atomic E-state index is 0.00713. The summed E-state index contributed by atoms with van der Waals surface area (Å²) in [5.74, 6) is 1.14. The molecule has 138 valence electrons. The first-order valence-corrected chi connectivity index (χ1v) is 9.82. The zero-order valence-electron chi connectivity index (χ0n) is 15.3. The Labute approximate surface area is 163 Å². The van der Waals surface area contributed by atoms with E-state index < -0.39 is 0 Å². The van der Waals surface area contributed by atoms with Gasteiger partial charge in [-0.25, -0.2) is 0 Å². The molecule has 1 aliphatic rings. The standard InChI is InChI=1S/C22H22N2O2S/c1-14-11-12-27-21(14)22-23-18(15-7-9-16(26-2)10-8-15)13-19(24-22)17-5-3-4-6-20(17)25/h3-12,19,22,24-25H,13H2,1-2H3/t19-,22-/m0/s1. The summed E-state index contributed by atoms with van der Waals surface area (Å²) in [6.45, 7) is 2.11. The number of nitrogens with zero attached hydrogens (tertiary/aromatic N) is 1. The van der Waals surface area contributed by atoms with E-state index in [9.17, 15) is 5.11 Å². The number of aromatic hydroxyl groups is 1. The van der Waals surface area contributed by atoms with E-state index in [2.05, 4.69) is 23.7 Å². The van der Waals surface area contributed by atoms with Gasteiger partial charge in [-0.3, -0.25) is 10.3 Å². The number of para-hydroxylation sites is 1. The van der Waals surface area contributed by atoms with E-state index in [1.54, 1.807) is 24.5 Å². The fourth-order valence-electron chi connectivity index (χ4n) is 3.45. The molecule has 0 bridgehead atoms. The molecule has 0 aliphatic carbocycles. The van der Waals surface area contributed by atoms with Gasteiger partial charge >= 0.3 is 0 Å². The van der Waals surface area contributed by atoms with Crippen molar-refractivity contribution in [3.8, 4) is 11.5 Å². The van der Waals surface area contributed by atoms with Crippen LogP contribution in [0, 0.1) is 6.92 Å². The smallest absolute Gasteiger partial charge is 0.135 e. The molecule has 0 amide bonds. The molecule has 0 saturated heterocycles. The molecule has 0 fully saturated rings. The van der Waals surface area contributed by atoms with Gasteiger partial charge in [0.25, 0.3) is 0 Å². The first kappa shape index (κ1) is 17.8. The summed E-state index contributed by atoms with van der Waals surface area (Å²) in [5, 5.41) is 16.1. The number of nitrogens with one attached hydrogen (secondary N) is 1. The number of hydrogen-bond donors (Lipinski definition) is 2. The van der Waals surface area contributed by atoms with Crippen molar-refractivity contribution in [3.63, 3.8) is 0 Å². The molecule has 0 spiro atoms. The highest BCUT2D eigenvalue weighted by molar-refractivity contribution is 7.10. The molecule has 3 aromatic rings. The van der Waals surface area contributed by atoms with Gasteiger partial charge in [0.15, 0.2) is 0 Å². The van der Waals surface area contributed by atoms with Crippen molar-refractivity contribution < 1.29 is 9.84 Å². The molecular weight excluding hydrogens is 356 g/mol. The van der Waals surface area contributed by atoms with Crippen LogP contribution in [0.5, 0.6) is 11.5 Å². The molecule has 0 radical (unpaired) electrons. The quantitative estimate of drug-likeness (QED) is 0.672. The largest absolute Gasteiger partial charge is 0.508 e. The Kier molecular flexibility index (Phi) is 4.97. The summed E-state index contributed by atoms with van der Waals surface area (Å²) in [5.41, 5.74) is 4.24. The molecule has 0 unspecified atom stereocenters. The lowest BCUT2D eigenvalue weighted by Gasteiger charge is -2.30.